The quantitative estimate of drug-likeness (QED) is 0.0998. The van der Waals surface area contributed by atoms with Crippen molar-refractivity contribution < 1.29 is 43.8 Å². The van der Waals surface area contributed by atoms with Crippen LogP contribution in [-0.4, -0.2) is 89.4 Å². The molecule has 15 heteroatoms. The van der Waals surface area contributed by atoms with Crippen LogP contribution in [-0.2, 0) is 40.0 Å². The van der Waals surface area contributed by atoms with Gasteiger partial charge in [0, 0.05) is 26.3 Å². The van der Waals surface area contributed by atoms with Gasteiger partial charge in [-0.25, -0.2) is 0 Å². The van der Waals surface area contributed by atoms with Gasteiger partial charge in [0.15, 0.2) is 0 Å². The summed E-state index contributed by atoms with van der Waals surface area (Å²) in [4.78, 5) is 84.4. The molecule has 1 aromatic rings. The third-order valence-corrected chi connectivity index (χ3v) is 5.58. The maximum Gasteiger partial charge on any atom is 0.303 e. The molecule has 0 heterocycles. The van der Waals surface area contributed by atoms with E-state index in [0.29, 0.717) is 0 Å². The van der Waals surface area contributed by atoms with Crippen LogP contribution in [0.4, 0.5) is 0 Å². The van der Waals surface area contributed by atoms with Crippen LogP contribution in [0.2, 0.25) is 0 Å². The summed E-state index contributed by atoms with van der Waals surface area (Å²) in [7, 11) is 1.39. The van der Waals surface area contributed by atoms with E-state index in [-0.39, 0.29) is 19.3 Å². The minimum absolute atomic E-state index is 0.132. The van der Waals surface area contributed by atoms with Crippen LogP contribution in [0.25, 0.3) is 0 Å². The van der Waals surface area contributed by atoms with Crippen LogP contribution in [0.3, 0.4) is 0 Å². The minimum Gasteiger partial charge on any atom is -0.481 e. The average Bonchev–Trinajstić information content (AvgIpc) is 2.91. The standard InChI is InChI=1S/C25H36N6O9/c1-14(26)22(37)30-16(8-10-20(33)34)24(39)28-13-19(32)29-17(9-11-21(35)36)25(40)31-18(23(38)27-2)12-15-6-4-3-5-7-15/h3-7,14,16-18H,8-13,26H2,1-2H3,(H,27,38)(H,28,39)(H,29,32)(H,30,37)(H,31,40)(H,33,34)(H,35,36)/t14-,16-,17-,18-/m0/s1. The van der Waals surface area contributed by atoms with Gasteiger partial charge in [0.05, 0.1) is 12.6 Å². The van der Waals surface area contributed by atoms with Crippen molar-refractivity contribution in [3.05, 3.63) is 35.9 Å². The monoisotopic (exact) mass is 564 g/mol. The summed E-state index contributed by atoms with van der Waals surface area (Å²) < 4.78 is 0. The summed E-state index contributed by atoms with van der Waals surface area (Å²) in [6.07, 6.45) is -1.37. The number of rotatable bonds is 17. The summed E-state index contributed by atoms with van der Waals surface area (Å²) in [5.74, 6) is -6.18. The Balaban J connectivity index is 2.90. The van der Waals surface area contributed by atoms with Crippen LogP contribution < -0.4 is 32.3 Å². The fraction of sp³-hybridized carbons (Fsp3) is 0.480. The van der Waals surface area contributed by atoms with Crippen LogP contribution >= 0.6 is 0 Å². The molecular formula is C25H36N6O9. The van der Waals surface area contributed by atoms with E-state index in [4.69, 9.17) is 15.9 Å². The van der Waals surface area contributed by atoms with Crippen molar-refractivity contribution in [3.63, 3.8) is 0 Å². The molecule has 5 amide bonds. The second-order valence-corrected chi connectivity index (χ2v) is 8.92. The largest absolute Gasteiger partial charge is 0.481 e. The first-order chi connectivity index (χ1) is 18.8. The fourth-order valence-electron chi connectivity index (χ4n) is 3.42. The number of hydrogen-bond acceptors (Lipinski definition) is 8. The van der Waals surface area contributed by atoms with E-state index in [1.165, 1.54) is 14.0 Å². The van der Waals surface area contributed by atoms with Gasteiger partial charge >= 0.3 is 11.9 Å². The molecule has 1 rings (SSSR count). The molecule has 4 atom stereocenters. The van der Waals surface area contributed by atoms with E-state index in [1.807, 2.05) is 0 Å². The Labute approximate surface area is 230 Å². The summed E-state index contributed by atoms with van der Waals surface area (Å²) >= 11 is 0. The SMILES string of the molecule is CNC(=O)[C@H](Cc1ccccc1)NC(=O)[C@H](CCC(=O)O)NC(=O)CNC(=O)[C@H](CCC(=O)O)NC(=O)[C@H](C)N. The van der Waals surface area contributed by atoms with Crippen molar-refractivity contribution in [1.82, 2.24) is 26.6 Å². The number of carbonyl (C=O) groups is 7. The lowest BCUT2D eigenvalue weighted by molar-refractivity contribution is -0.138. The number of nitrogens with one attached hydrogen (secondary N) is 5. The first kappa shape index (κ1) is 33.5. The molecule has 1 aromatic carbocycles. The number of carbonyl (C=O) groups excluding carboxylic acids is 5. The first-order valence-corrected chi connectivity index (χ1v) is 12.5. The number of carboxylic acids is 2. The highest BCUT2D eigenvalue weighted by Crippen LogP contribution is 2.06. The Morgan fingerprint density at radius 1 is 0.750 bits per heavy atom. The number of likely N-dealkylation sites (N-methyl/N-ethyl adjacent to an activating group) is 1. The van der Waals surface area contributed by atoms with E-state index in [1.54, 1.807) is 30.3 Å². The maximum atomic E-state index is 13.0. The lowest BCUT2D eigenvalue weighted by Gasteiger charge is -2.23. The van der Waals surface area contributed by atoms with Crippen molar-refractivity contribution in [2.24, 2.45) is 5.73 Å². The molecule has 220 valence electrons. The third kappa shape index (κ3) is 12.8. The predicted octanol–water partition coefficient (Wildman–Crippen LogP) is -2.38. The van der Waals surface area contributed by atoms with Gasteiger partial charge in [0.2, 0.25) is 29.5 Å². The number of hydrogen-bond donors (Lipinski definition) is 8. The van der Waals surface area contributed by atoms with Gasteiger partial charge in [0.1, 0.15) is 18.1 Å². The Bertz CT molecular complexity index is 1060. The van der Waals surface area contributed by atoms with Gasteiger partial charge in [-0.2, -0.15) is 0 Å². The molecule has 40 heavy (non-hydrogen) atoms. The van der Waals surface area contributed by atoms with Crippen LogP contribution in [0.5, 0.6) is 0 Å². The van der Waals surface area contributed by atoms with Crippen molar-refractivity contribution in [2.75, 3.05) is 13.6 Å². The van der Waals surface area contributed by atoms with Crippen molar-refractivity contribution in [3.8, 4) is 0 Å². The molecule has 9 N–H and O–H groups in total. The van der Waals surface area contributed by atoms with Gasteiger partial charge in [-0.1, -0.05) is 30.3 Å². The summed E-state index contributed by atoms with van der Waals surface area (Å²) in [6.45, 7) is 0.696. The van der Waals surface area contributed by atoms with Crippen LogP contribution in [0, 0.1) is 0 Å². The molecule has 15 nitrogen and oxygen atoms in total. The van der Waals surface area contributed by atoms with Crippen molar-refractivity contribution in [2.45, 2.75) is 63.2 Å². The zero-order valence-electron chi connectivity index (χ0n) is 22.3. The van der Waals surface area contributed by atoms with Gasteiger partial charge < -0.3 is 42.5 Å². The molecule has 0 spiro atoms. The van der Waals surface area contributed by atoms with Crippen molar-refractivity contribution in [1.29, 1.82) is 0 Å². The summed E-state index contributed by atoms with van der Waals surface area (Å²) in [5.41, 5.74) is 6.22. The average molecular weight is 565 g/mol. The summed E-state index contributed by atoms with van der Waals surface area (Å²) in [6, 6.07) is 4.18. The molecule has 0 radical (unpaired) electrons. The van der Waals surface area contributed by atoms with Crippen LogP contribution in [0.15, 0.2) is 30.3 Å². The van der Waals surface area contributed by atoms with Gasteiger partial charge in [-0.15, -0.1) is 0 Å². The highest BCUT2D eigenvalue weighted by molar-refractivity contribution is 5.94. The number of aliphatic carboxylic acids is 2. The lowest BCUT2D eigenvalue weighted by Crippen LogP contribution is -2.56. The molecule has 0 saturated heterocycles. The van der Waals surface area contributed by atoms with E-state index in [2.05, 4.69) is 26.6 Å². The molecule has 0 unspecified atom stereocenters. The fourth-order valence-corrected chi connectivity index (χ4v) is 3.42. The molecule has 0 aromatic heterocycles. The zero-order valence-corrected chi connectivity index (χ0v) is 22.3. The number of nitrogens with two attached hydrogens (primary N) is 1. The molecular weight excluding hydrogens is 528 g/mol. The third-order valence-electron chi connectivity index (χ3n) is 5.58. The predicted molar refractivity (Wildman–Crippen MR) is 140 cm³/mol. The van der Waals surface area contributed by atoms with Crippen LogP contribution in [0.1, 0.15) is 38.2 Å². The van der Waals surface area contributed by atoms with E-state index in [9.17, 15) is 33.6 Å². The summed E-state index contributed by atoms with van der Waals surface area (Å²) in [5, 5.41) is 29.8. The Hall–Kier alpha value is -4.53. The maximum absolute atomic E-state index is 13.0. The van der Waals surface area contributed by atoms with Gasteiger partial charge in [0.25, 0.3) is 0 Å². The Morgan fingerprint density at radius 3 is 1.77 bits per heavy atom. The Morgan fingerprint density at radius 2 is 1.27 bits per heavy atom. The minimum atomic E-state index is -1.36. The number of carboxylic acid groups (broad SMARTS) is 2. The van der Waals surface area contributed by atoms with Crippen molar-refractivity contribution >= 4 is 41.5 Å². The highest BCUT2D eigenvalue weighted by Gasteiger charge is 2.28. The number of benzene rings is 1. The molecule has 0 aliphatic heterocycles. The Kier molecular flexibility index (Phi) is 14.4. The normalized spacial score (nSPS) is 13.5. The lowest BCUT2D eigenvalue weighted by atomic mass is 10.0. The zero-order chi connectivity index (χ0) is 30.2. The second kappa shape index (κ2) is 17.1. The van der Waals surface area contributed by atoms with Gasteiger partial charge in [-0.3, -0.25) is 33.6 Å². The van der Waals surface area contributed by atoms with E-state index < -0.39 is 85.0 Å². The molecule has 0 aliphatic carbocycles. The van der Waals surface area contributed by atoms with E-state index >= 15 is 0 Å². The molecule has 0 aliphatic rings. The van der Waals surface area contributed by atoms with Gasteiger partial charge in [-0.05, 0) is 25.3 Å². The molecule has 0 bridgehead atoms. The molecule has 0 fully saturated rings. The highest BCUT2D eigenvalue weighted by atomic mass is 16.4. The number of amides is 5. The topological polar surface area (TPSA) is 246 Å². The second-order valence-electron chi connectivity index (χ2n) is 8.92. The molecule has 0 saturated carbocycles. The first-order valence-electron chi connectivity index (χ1n) is 12.5. The van der Waals surface area contributed by atoms with E-state index in [0.717, 1.165) is 5.56 Å². The smallest absolute Gasteiger partial charge is 0.303 e.